The molecule has 3 aromatic rings. The number of esters is 1. The Kier molecular flexibility index (Phi) is 4.69. The Bertz CT molecular complexity index is 1040. The van der Waals surface area contributed by atoms with Crippen molar-refractivity contribution in [3.8, 4) is 11.3 Å². The number of ether oxygens (including phenoxy) is 1. The van der Waals surface area contributed by atoms with Gasteiger partial charge in [-0.15, -0.1) is 0 Å². The van der Waals surface area contributed by atoms with Crippen LogP contribution in [0.25, 0.3) is 11.3 Å². The zero-order valence-corrected chi connectivity index (χ0v) is 15.2. The molecule has 2 aromatic carbocycles. The number of nitrogens with zero attached hydrogens (tertiary/aromatic N) is 1. The molecule has 0 aliphatic carbocycles. The first kappa shape index (κ1) is 18.0. The SMILES string of the molecule is COC(=O)C1Cc2ccccc2CN1C(=O)c1ccc(-c2ccccc2F)o1. The number of methoxy groups -OCH3 is 1. The smallest absolute Gasteiger partial charge is 0.328 e. The largest absolute Gasteiger partial charge is 0.467 e. The number of carbonyl (C=O) groups is 2. The molecular weight excluding hydrogens is 361 g/mol. The summed E-state index contributed by atoms with van der Waals surface area (Å²) < 4.78 is 24.5. The van der Waals surface area contributed by atoms with Crippen molar-refractivity contribution in [3.63, 3.8) is 0 Å². The minimum Gasteiger partial charge on any atom is -0.467 e. The first-order valence-corrected chi connectivity index (χ1v) is 8.89. The van der Waals surface area contributed by atoms with Gasteiger partial charge < -0.3 is 14.1 Å². The van der Waals surface area contributed by atoms with Crippen molar-refractivity contribution >= 4 is 11.9 Å². The van der Waals surface area contributed by atoms with E-state index in [2.05, 4.69) is 0 Å². The quantitative estimate of drug-likeness (QED) is 0.649. The van der Waals surface area contributed by atoms with Crippen molar-refractivity contribution in [3.05, 3.63) is 83.4 Å². The molecule has 1 aromatic heterocycles. The maximum Gasteiger partial charge on any atom is 0.328 e. The van der Waals surface area contributed by atoms with Gasteiger partial charge in [0.25, 0.3) is 5.91 Å². The summed E-state index contributed by atoms with van der Waals surface area (Å²) in [7, 11) is 1.30. The summed E-state index contributed by atoms with van der Waals surface area (Å²) in [5.41, 5.74) is 2.25. The summed E-state index contributed by atoms with van der Waals surface area (Å²) in [6.45, 7) is 0.268. The third-order valence-electron chi connectivity index (χ3n) is 4.94. The van der Waals surface area contributed by atoms with Crippen LogP contribution in [0.1, 0.15) is 21.7 Å². The van der Waals surface area contributed by atoms with Gasteiger partial charge in [0.15, 0.2) is 5.76 Å². The average molecular weight is 379 g/mol. The average Bonchev–Trinajstić information content (AvgIpc) is 3.22. The van der Waals surface area contributed by atoms with E-state index in [1.165, 1.54) is 24.1 Å². The van der Waals surface area contributed by atoms with Crippen molar-refractivity contribution in [2.45, 2.75) is 19.0 Å². The molecule has 4 rings (SSSR count). The van der Waals surface area contributed by atoms with E-state index in [0.29, 0.717) is 6.42 Å². The molecule has 6 heteroatoms. The number of carbonyl (C=O) groups excluding carboxylic acids is 2. The van der Waals surface area contributed by atoms with E-state index >= 15 is 0 Å². The van der Waals surface area contributed by atoms with E-state index in [9.17, 15) is 14.0 Å². The third-order valence-corrected chi connectivity index (χ3v) is 4.94. The Morgan fingerprint density at radius 1 is 1.04 bits per heavy atom. The molecule has 0 radical (unpaired) electrons. The van der Waals surface area contributed by atoms with Crippen LogP contribution in [-0.2, 0) is 22.5 Å². The molecule has 28 heavy (non-hydrogen) atoms. The van der Waals surface area contributed by atoms with Gasteiger partial charge in [-0.2, -0.15) is 0 Å². The highest BCUT2D eigenvalue weighted by atomic mass is 19.1. The van der Waals surface area contributed by atoms with Crippen LogP contribution in [0.3, 0.4) is 0 Å². The molecule has 0 saturated carbocycles. The number of halogens is 1. The molecule has 0 bridgehead atoms. The number of hydrogen-bond donors (Lipinski definition) is 0. The number of rotatable bonds is 3. The Morgan fingerprint density at radius 2 is 1.75 bits per heavy atom. The molecule has 5 nitrogen and oxygen atoms in total. The topological polar surface area (TPSA) is 59.8 Å². The molecule has 0 fully saturated rings. The van der Waals surface area contributed by atoms with Gasteiger partial charge in [-0.25, -0.2) is 9.18 Å². The molecule has 1 amide bonds. The van der Waals surface area contributed by atoms with Gasteiger partial charge in [0, 0.05) is 13.0 Å². The third kappa shape index (κ3) is 3.17. The second-order valence-electron chi connectivity index (χ2n) is 6.59. The van der Waals surface area contributed by atoms with Crippen molar-refractivity contribution in [2.75, 3.05) is 7.11 Å². The van der Waals surface area contributed by atoms with Gasteiger partial charge in [-0.3, -0.25) is 4.79 Å². The van der Waals surface area contributed by atoms with E-state index in [1.54, 1.807) is 24.3 Å². The lowest BCUT2D eigenvalue weighted by atomic mass is 9.93. The molecule has 0 N–H and O–H groups in total. The summed E-state index contributed by atoms with van der Waals surface area (Å²) in [6, 6.07) is 16.2. The normalized spacial score (nSPS) is 15.8. The zero-order chi connectivity index (χ0) is 19.7. The van der Waals surface area contributed by atoms with Crippen LogP contribution in [0.4, 0.5) is 4.39 Å². The van der Waals surface area contributed by atoms with E-state index in [1.807, 2.05) is 24.3 Å². The molecule has 1 aliphatic heterocycles. The van der Waals surface area contributed by atoms with Crippen LogP contribution in [0.5, 0.6) is 0 Å². The summed E-state index contributed by atoms with van der Waals surface area (Å²) in [4.78, 5) is 26.8. The first-order valence-electron chi connectivity index (χ1n) is 8.89. The lowest BCUT2D eigenvalue weighted by Crippen LogP contribution is -2.49. The fourth-order valence-electron chi connectivity index (χ4n) is 3.48. The number of hydrogen-bond acceptors (Lipinski definition) is 4. The minimum atomic E-state index is -0.741. The van der Waals surface area contributed by atoms with E-state index < -0.39 is 23.7 Å². The fourth-order valence-corrected chi connectivity index (χ4v) is 3.48. The van der Waals surface area contributed by atoms with Gasteiger partial charge in [-0.1, -0.05) is 36.4 Å². The molecule has 0 spiro atoms. The highest BCUT2D eigenvalue weighted by Crippen LogP contribution is 2.29. The van der Waals surface area contributed by atoms with Crippen molar-refractivity contribution < 1.29 is 23.1 Å². The maximum absolute atomic E-state index is 14.0. The lowest BCUT2D eigenvalue weighted by molar-refractivity contribution is -0.146. The molecule has 1 unspecified atom stereocenters. The standard InChI is InChI=1S/C22H18FNO4/c1-27-22(26)18-12-14-6-2-3-7-15(14)13-24(18)21(25)20-11-10-19(28-20)16-8-4-5-9-17(16)23/h2-11,18H,12-13H2,1H3. The summed E-state index contributed by atoms with van der Waals surface area (Å²) in [6.07, 6.45) is 0.371. The Morgan fingerprint density at radius 3 is 2.50 bits per heavy atom. The van der Waals surface area contributed by atoms with Gasteiger partial charge in [0.1, 0.15) is 17.6 Å². The Balaban J connectivity index is 1.66. The summed E-state index contributed by atoms with van der Waals surface area (Å²) in [5, 5.41) is 0. The molecule has 2 heterocycles. The number of benzene rings is 2. The first-order chi connectivity index (χ1) is 13.6. The fraction of sp³-hybridized carbons (Fsp3) is 0.182. The van der Waals surface area contributed by atoms with Gasteiger partial charge >= 0.3 is 5.97 Å². The number of fused-ring (bicyclic) bond motifs is 1. The molecule has 1 aliphatic rings. The molecule has 142 valence electrons. The van der Waals surface area contributed by atoms with Gasteiger partial charge in [-0.05, 0) is 35.4 Å². The minimum absolute atomic E-state index is 0.0477. The highest BCUT2D eigenvalue weighted by molar-refractivity contribution is 5.95. The zero-order valence-electron chi connectivity index (χ0n) is 15.2. The molecular formula is C22H18FNO4. The lowest BCUT2D eigenvalue weighted by Gasteiger charge is -2.34. The van der Waals surface area contributed by atoms with Crippen LogP contribution in [0.15, 0.2) is 65.1 Å². The van der Waals surface area contributed by atoms with E-state index in [0.717, 1.165) is 11.1 Å². The monoisotopic (exact) mass is 379 g/mol. The van der Waals surface area contributed by atoms with Crippen molar-refractivity contribution in [2.24, 2.45) is 0 Å². The maximum atomic E-state index is 14.0. The van der Waals surface area contributed by atoms with Crippen LogP contribution < -0.4 is 0 Å². The van der Waals surface area contributed by atoms with Crippen LogP contribution in [0.2, 0.25) is 0 Å². The highest BCUT2D eigenvalue weighted by Gasteiger charge is 2.36. The Hall–Kier alpha value is -3.41. The van der Waals surface area contributed by atoms with Crippen LogP contribution in [-0.4, -0.2) is 29.9 Å². The van der Waals surface area contributed by atoms with E-state index in [4.69, 9.17) is 9.15 Å². The Labute approximate surface area is 161 Å². The van der Waals surface area contributed by atoms with Gasteiger partial charge in [0.05, 0.1) is 12.7 Å². The summed E-state index contributed by atoms with van der Waals surface area (Å²) in [5.74, 6) is -1.05. The van der Waals surface area contributed by atoms with Crippen LogP contribution in [0, 0.1) is 5.82 Å². The number of amides is 1. The number of furan rings is 1. The molecule has 0 saturated heterocycles. The predicted octanol–water partition coefficient (Wildman–Crippen LogP) is 3.83. The van der Waals surface area contributed by atoms with Crippen molar-refractivity contribution in [1.82, 2.24) is 4.90 Å². The van der Waals surface area contributed by atoms with Crippen LogP contribution >= 0.6 is 0 Å². The van der Waals surface area contributed by atoms with E-state index in [-0.39, 0.29) is 23.6 Å². The summed E-state index contributed by atoms with van der Waals surface area (Å²) >= 11 is 0. The molecule has 1 atom stereocenters. The van der Waals surface area contributed by atoms with Gasteiger partial charge in [0.2, 0.25) is 0 Å². The second kappa shape index (κ2) is 7.31. The van der Waals surface area contributed by atoms with Crippen molar-refractivity contribution in [1.29, 1.82) is 0 Å². The predicted molar refractivity (Wildman–Crippen MR) is 99.9 cm³/mol. The second-order valence-corrected chi connectivity index (χ2v) is 6.59.